The van der Waals surface area contributed by atoms with E-state index in [4.69, 9.17) is 9.47 Å². The summed E-state index contributed by atoms with van der Waals surface area (Å²) in [6.45, 7) is 5.40. The smallest absolute Gasteiger partial charge is 0.419 e. The van der Waals surface area contributed by atoms with Crippen molar-refractivity contribution >= 4 is 29.1 Å². The molecule has 5 rings (SSSR count). The maximum absolute atomic E-state index is 12.8. The van der Waals surface area contributed by atoms with Crippen molar-refractivity contribution in [3.8, 4) is 11.1 Å². The average Bonchev–Trinajstić information content (AvgIpc) is 3.42. The number of benzene rings is 3. The zero-order valence-corrected chi connectivity index (χ0v) is 22.0. The van der Waals surface area contributed by atoms with Crippen LogP contribution in [0.1, 0.15) is 43.4 Å². The molecule has 0 aliphatic heterocycles. The van der Waals surface area contributed by atoms with E-state index in [2.05, 4.69) is 5.32 Å². The molecule has 8 heteroatoms. The van der Waals surface area contributed by atoms with Crippen molar-refractivity contribution in [2.45, 2.75) is 44.8 Å². The summed E-state index contributed by atoms with van der Waals surface area (Å²) >= 11 is 0. The summed E-state index contributed by atoms with van der Waals surface area (Å²) in [6, 6.07) is 21.9. The number of carbonyl (C=O) groups excluding carboxylic acids is 2. The number of nitrogens with one attached hydrogen (secondary N) is 1. The normalized spacial score (nSPS) is 13.4. The van der Waals surface area contributed by atoms with Crippen LogP contribution in [0.4, 0.5) is 9.59 Å². The van der Waals surface area contributed by atoms with Gasteiger partial charge >= 0.3 is 18.2 Å². The van der Waals surface area contributed by atoms with Gasteiger partial charge in [-0.15, -0.1) is 0 Å². The van der Waals surface area contributed by atoms with Gasteiger partial charge in [-0.05, 0) is 54.7 Å². The lowest BCUT2D eigenvalue weighted by atomic mass is 9.98. The first-order chi connectivity index (χ1) is 18.6. The Morgan fingerprint density at radius 1 is 0.923 bits per heavy atom. The lowest BCUT2D eigenvalue weighted by molar-refractivity contribution is -0.139. The Bertz CT molecular complexity index is 1520. The molecule has 3 aromatic carbocycles. The number of para-hydroxylation sites is 1. The van der Waals surface area contributed by atoms with Crippen LogP contribution in [0.2, 0.25) is 0 Å². The van der Waals surface area contributed by atoms with Gasteiger partial charge in [0.05, 0.1) is 5.52 Å². The van der Waals surface area contributed by atoms with E-state index in [-0.39, 0.29) is 18.9 Å². The molecule has 0 bridgehead atoms. The summed E-state index contributed by atoms with van der Waals surface area (Å²) in [6.07, 6.45) is 0.130. The van der Waals surface area contributed by atoms with Crippen molar-refractivity contribution in [3.05, 3.63) is 95.7 Å². The minimum atomic E-state index is -1.27. The van der Waals surface area contributed by atoms with Crippen molar-refractivity contribution in [2.75, 3.05) is 6.61 Å². The van der Waals surface area contributed by atoms with Gasteiger partial charge in [0.2, 0.25) is 0 Å². The SMILES string of the molecule is CC(C)(C)OC(=O)[15n]1cc(C[C@H]([15NH]C(=O)OCC2c3ccccc3-c3ccccc32)C(=O)O)c2ccccc21. The number of nitrogens with zero attached hydrogens (tertiary/aromatic N) is 1. The molecule has 1 atom stereocenters. The van der Waals surface area contributed by atoms with Crippen molar-refractivity contribution in [1.29, 1.82) is 0 Å². The number of alkyl carbamates (subject to hydrolysis) is 1. The average molecular weight is 529 g/mol. The molecule has 1 aromatic heterocycles. The Balaban J connectivity index is 1.31. The summed E-state index contributed by atoms with van der Waals surface area (Å²) in [5.74, 6) is -1.35. The highest BCUT2D eigenvalue weighted by Gasteiger charge is 2.30. The zero-order valence-electron chi connectivity index (χ0n) is 22.0. The number of hydrogen-bond donors (Lipinski definition) is 2. The van der Waals surface area contributed by atoms with Crippen LogP contribution in [0.15, 0.2) is 79.0 Å². The lowest BCUT2D eigenvalue weighted by Gasteiger charge is -2.19. The Hall–Kier alpha value is -4.59. The second-order valence-electron chi connectivity index (χ2n) is 10.6. The number of amides is 1. The van der Waals surface area contributed by atoms with E-state index in [1.807, 2.05) is 48.5 Å². The second kappa shape index (κ2) is 10.3. The summed E-state index contributed by atoms with van der Waals surface area (Å²) < 4.78 is 12.4. The Morgan fingerprint density at radius 3 is 2.13 bits per heavy atom. The zero-order chi connectivity index (χ0) is 27.7. The lowest BCUT2D eigenvalue weighted by Crippen LogP contribution is -2.42. The van der Waals surface area contributed by atoms with Crippen LogP contribution < -0.4 is 5.32 Å². The number of hydrogen-bond acceptors (Lipinski definition) is 5. The number of aliphatic carboxylic acids is 1. The van der Waals surface area contributed by atoms with Gasteiger partial charge in [0, 0.05) is 23.9 Å². The molecular weight excluding hydrogens is 498 g/mol. The fourth-order valence-electron chi connectivity index (χ4n) is 5.08. The van der Waals surface area contributed by atoms with Gasteiger partial charge in [0.15, 0.2) is 0 Å². The first-order valence-corrected chi connectivity index (χ1v) is 12.8. The molecule has 0 fully saturated rings. The fourth-order valence-corrected chi connectivity index (χ4v) is 5.08. The molecule has 2 N–H and O–H groups in total. The highest BCUT2D eigenvalue weighted by atomic mass is 16.6. The summed E-state index contributed by atoms with van der Waals surface area (Å²) in [5.41, 5.74) is 4.82. The van der Waals surface area contributed by atoms with Gasteiger partial charge in [-0.3, -0.25) is 4.57 Å². The quantitative estimate of drug-likeness (QED) is 0.299. The molecule has 0 saturated heterocycles. The number of aromatic nitrogens is 1. The topological polar surface area (TPSA) is 107 Å². The van der Waals surface area contributed by atoms with Gasteiger partial charge in [0.25, 0.3) is 0 Å². The number of carboxylic acid groups (broad SMARTS) is 1. The molecular formula is C31H30N2O6. The molecule has 0 radical (unpaired) electrons. The fraction of sp³-hybridized carbons (Fsp3) is 0.258. The first kappa shape index (κ1) is 26.0. The molecule has 1 amide bonds. The van der Waals surface area contributed by atoms with Crippen LogP contribution >= 0.6 is 0 Å². The molecule has 0 spiro atoms. The van der Waals surface area contributed by atoms with Crippen LogP contribution in [0.3, 0.4) is 0 Å². The molecule has 1 aliphatic carbocycles. The molecule has 8 nitrogen and oxygen atoms in total. The molecule has 0 saturated carbocycles. The van der Waals surface area contributed by atoms with E-state index in [0.717, 1.165) is 22.3 Å². The number of fused-ring (bicyclic) bond motifs is 4. The molecule has 39 heavy (non-hydrogen) atoms. The van der Waals surface area contributed by atoms with Crippen LogP contribution in [0.5, 0.6) is 0 Å². The predicted molar refractivity (Wildman–Crippen MR) is 147 cm³/mol. The minimum Gasteiger partial charge on any atom is -0.480 e. The minimum absolute atomic E-state index is 0.0458. The number of carboxylic acids is 1. The van der Waals surface area contributed by atoms with Gasteiger partial charge < -0.3 is 19.9 Å². The summed E-state index contributed by atoms with van der Waals surface area (Å²) in [7, 11) is 0. The first-order valence-electron chi connectivity index (χ1n) is 12.8. The third kappa shape index (κ3) is 5.36. The van der Waals surface area contributed by atoms with Crippen molar-refractivity contribution in [1.82, 2.24) is 9.88 Å². The maximum Gasteiger partial charge on any atom is 0.419 e. The van der Waals surface area contributed by atoms with Crippen LogP contribution in [0.25, 0.3) is 22.0 Å². The van der Waals surface area contributed by atoms with Gasteiger partial charge in [-0.2, -0.15) is 0 Å². The largest absolute Gasteiger partial charge is 0.480 e. The summed E-state index contributed by atoms with van der Waals surface area (Å²) in [5, 5.41) is 13.1. The van der Waals surface area contributed by atoms with Gasteiger partial charge in [-0.1, -0.05) is 66.7 Å². The monoisotopic (exact) mass is 528 g/mol. The van der Waals surface area contributed by atoms with E-state index in [1.54, 1.807) is 51.2 Å². The maximum atomic E-state index is 12.8. The van der Waals surface area contributed by atoms with Crippen LogP contribution in [0, 0.1) is 0 Å². The van der Waals surface area contributed by atoms with Crippen LogP contribution in [-0.4, -0.2) is 46.1 Å². The molecule has 4 aromatic rings. The van der Waals surface area contributed by atoms with Crippen molar-refractivity contribution in [3.63, 3.8) is 0 Å². The van der Waals surface area contributed by atoms with E-state index >= 15 is 0 Å². The van der Waals surface area contributed by atoms with Crippen LogP contribution in [-0.2, 0) is 20.7 Å². The van der Waals surface area contributed by atoms with E-state index in [0.29, 0.717) is 16.5 Å². The van der Waals surface area contributed by atoms with Gasteiger partial charge in [0.1, 0.15) is 18.2 Å². The third-order valence-electron chi connectivity index (χ3n) is 6.74. The van der Waals surface area contributed by atoms with E-state index in [1.165, 1.54) is 4.57 Å². The molecule has 0 unspecified atom stereocenters. The Kier molecular flexibility index (Phi) is 6.87. The van der Waals surface area contributed by atoms with E-state index in [9.17, 15) is 19.5 Å². The molecule has 200 valence electrons. The number of carbonyl (C=O) groups is 3. The number of ether oxygens (including phenoxy) is 2. The Morgan fingerprint density at radius 2 is 1.51 bits per heavy atom. The standard InChI is InChI=1S/C31H30N2O6/c1-31(2,3)39-30(37)33-17-19(20-10-8-9-15-27(20)33)16-26(28(34)35)32-29(36)38-18-25-23-13-6-4-11-21(23)22-12-5-7-14-24(22)25/h4-15,17,25-26H,16,18H2,1-3H3,(H,32,36)(H,34,35)/t26-/m0/s1/i32+1,33+1. The predicted octanol–water partition coefficient (Wildman–Crippen LogP) is 5.96. The van der Waals surface area contributed by atoms with Crippen molar-refractivity contribution < 1.29 is 29.0 Å². The number of rotatable bonds is 6. The van der Waals surface area contributed by atoms with Crippen molar-refractivity contribution in [2.24, 2.45) is 0 Å². The Labute approximate surface area is 226 Å². The van der Waals surface area contributed by atoms with Gasteiger partial charge in [-0.25, -0.2) is 14.4 Å². The van der Waals surface area contributed by atoms with E-state index < -0.39 is 29.8 Å². The molecule has 1 aliphatic rings. The molecule has 1 heterocycles. The summed E-state index contributed by atoms with van der Waals surface area (Å²) in [4.78, 5) is 37.7. The third-order valence-corrected chi connectivity index (χ3v) is 6.74. The highest BCUT2D eigenvalue weighted by Crippen LogP contribution is 2.44. The second-order valence-corrected chi connectivity index (χ2v) is 10.6. The highest BCUT2D eigenvalue weighted by molar-refractivity contribution is 5.92.